The summed E-state index contributed by atoms with van der Waals surface area (Å²) in [5.74, 6) is 0.287. The van der Waals surface area contributed by atoms with Gasteiger partial charge in [-0.1, -0.05) is 30.3 Å². The zero-order valence-electron chi connectivity index (χ0n) is 16.7. The van der Waals surface area contributed by atoms with E-state index in [1.54, 1.807) is 4.90 Å². The van der Waals surface area contributed by atoms with E-state index < -0.39 is 17.1 Å². The summed E-state index contributed by atoms with van der Waals surface area (Å²) in [5, 5.41) is 11.0. The van der Waals surface area contributed by atoms with Crippen LogP contribution < -0.4 is 0 Å². The van der Waals surface area contributed by atoms with Crippen molar-refractivity contribution in [2.75, 3.05) is 26.3 Å². The number of hydrogen-bond acceptors (Lipinski definition) is 5. The number of carbonyl (C=O) groups excluding carboxylic acids is 2. The van der Waals surface area contributed by atoms with Gasteiger partial charge in [-0.15, -0.1) is 0 Å². The Morgan fingerprint density at radius 1 is 1.07 bits per heavy atom. The minimum atomic E-state index is -0.940. The van der Waals surface area contributed by atoms with E-state index in [0.717, 1.165) is 32.1 Å². The first kappa shape index (κ1) is 19.1. The Hall–Kier alpha value is -1.92. The van der Waals surface area contributed by atoms with Gasteiger partial charge in [-0.25, -0.2) is 0 Å². The highest BCUT2D eigenvalue weighted by Crippen LogP contribution is 2.62. The van der Waals surface area contributed by atoms with Gasteiger partial charge in [0.25, 0.3) is 5.91 Å². The van der Waals surface area contributed by atoms with Crippen molar-refractivity contribution >= 4 is 11.9 Å². The summed E-state index contributed by atoms with van der Waals surface area (Å²) in [6, 6.07) is 9.27. The third-order valence-electron chi connectivity index (χ3n) is 7.34. The van der Waals surface area contributed by atoms with Gasteiger partial charge in [-0.05, 0) is 50.4 Å². The van der Waals surface area contributed by atoms with Gasteiger partial charge in [0.2, 0.25) is 6.10 Å². The van der Waals surface area contributed by atoms with Crippen molar-refractivity contribution < 1.29 is 24.2 Å². The van der Waals surface area contributed by atoms with Crippen molar-refractivity contribution in [1.82, 2.24) is 4.90 Å². The van der Waals surface area contributed by atoms with Gasteiger partial charge < -0.3 is 19.5 Å². The smallest absolute Gasteiger partial charge is 0.313 e. The molecule has 5 fully saturated rings. The molecular formula is C23H29NO5. The Morgan fingerprint density at radius 3 is 2.34 bits per heavy atom. The van der Waals surface area contributed by atoms with Crippen molar-refractivity contribution in [3.8, 4) is 0 Å². The normalized spacial score (nSPS) is 36.7. The summed E-state index contributed by atoms with van der Waals surface area (Å²) in [6.07, 6.45) is 3.78. The molecule has 1 heterocycles. The molecule has 0 aromatic heterocycles. The van der Waals surface area contributed by atoms with Gasteiger partial charge >= 0.3 is 5.97 Å². The number of rotatable bonds is 4. The Kier molecular flexibility index (Phi) is 4.67. The lowest BCUT2D eigenvalue weighted by atomic mass is 9.48. The monoisotopic (exact) mass is 399 g/mol. The zero-order valence-corrected chi connectivity index (χ0v) is 16.7. The number of carbonyl (C=O) groups is 2. The molecule has 1 aliphatic heterocycles. The Labute approximate surface area is 171 Å². The van der Waals surface area contributed by atoms with Crippen LogP contribution in [0, 0.1) is 17.3 Å². The second-order valence-corrected chi connectivity index (χ2v) is 9.60. The molecule has 2 unspecified atom stereocenters. The Balaban J connectivity index is 1.40. The quantitative estimate of drug-likeness (QED) is 0.787. The number of esters is 1. The average Bonchev–Trinajstić information content (AvgIpc) is 2.71. The molecule has 1 aromatic rings. The first-order valence-corrected chi connectivity index (χ1v) is 10.8. The van der Waals surface area contributed by atoms with Gasteiger partial charge in [0, 0.05) is 18.7 Å². The summed E-state index contributed by atoms with van der Waals surface area (Å²) in [6.45, 7) is 2.02. The molecule has 6 nitrogen and oxygen atoms in total. The van der Waals surface area contributed by atoms with E-state index in [1.807, 2.05) is 30.3 Å². The van der Waals surface area contributed by atoms with Crippen molar-refractivity contribution in [2.45, 2.75) is 50.2 Å². The summed E-state index contributed by atoms with van der Waals surface area (Å²) in [5.41, 5.74) is -0.683. The molecule has 4 saturated carbocycles. The van der Waals surface area contributed by atoms with Gasteiger partial charge in [0.1, 0.15) is 0 Å². The summed E-state index contributed by atoms with van der Waals surface area (Å²) >= 11 is 0. The van der Waals surface area contributed by atoms with Gasteiger partial charge in [-0.2, -0.15) is 0 Å². The van der Waals surface area contributed by atoms with Crippen LogP contribution in [0.25, 0.3) is 0 Å². The number of morpholine rings is 1. The summed E-state index contributed by atoms with van der Waals surface area (Å²) in [4.78, 5) is 28.5. The van der Waals surface area contributed by atoms with E-state index in [1.165, 1.54) is 0 Å². The molecule has 1 amide bonds. The SMILES string of the molecule is O=C([C@H](OC(=O)C12C[C@@H]3C[C@@H](CC(O)(C3)C1)C2)c1ccccc1)N1CCOCC1. The lowest BCUT2D eigenvalue weighted by Gasteiger charge is -2.58. The van der Waals surface area contributed by atoms with E-state index in [9.17, 15) is 14.7 Å². The number of aliphatic hydroxyl groups is 1. The predicted octanol–water partition coefficient (Wildman–Crippen LogP) is 2.46. The molecule has 156 valence electrons. The second-order valence-electron chi connectivity index (χ2n) is 9.60. The molecule has 29 heavy (non-hydrogen) atoms. The third-order valence-corrected chi connectivity index (χ3v) is 7.34. The van der Waals surface area contributed by atoms with Crippen LogP contribution in [0.5, 0.6) is 0 Å². The molecular weight excluding hydrogens is 370 g/mol. The number of nitrogens with zero attached hydrogens (tertiary/aromatic N) is 1. The molecule has 0 spiro atoms. The Morgan fingerprint density at radius 2 is 1.72 bits per heavy atom. The largest absolute Gasteiger partial charge is 0.447 e. The van der Waals surface area contributed by atoms with Crippen molar-refractivity contribution in [3.63, 3.8) is 0 Å². The summed E-state index contributed by atoms with van der Waals surface area (Å²) in [7, 11) is 0. The molecule has 1 aromatic carbocycles. The predicted molar refractivity (Wildman–Crippen MR) is 105 cm³/mol. The minimum Gasteiger partial charge on any atom is -0.447 e. The molecule has 5 atom stereocenters. The van der Waals surface area contributed by atoms with Gasteiger partial charge in [0.05, 0.1) is 24.2 Å². The maximum absolute atomic E-state index is 13.5. The average molecular weight is 399 g/mol. The molecule has 6 heteroatoms. The number of amides is 1. The van der Waals surface area contributed by atoms with Gasteiger partial charge in [0.15, 0.2) is 0 Å². The first-order chi connectivity index (χ1) is 14.0. The number of ether oxygens (including phenoxy) is 2. The fourth-order valence-corrected chi connectivity index (χ4v) is 6.52. The van der Waals surface area contributed by atoms with E-state index in [-0.39, 0.29) is 11.9 Å². The maximum atomic E-state index is 13.5. The van der Waals surface area contributed by atoms with Crippen LogP contribution in [-0.2, 0) is 19.1 Å². The standard InChI is InChI=1S/C23H29NO5/c25-20(24-6-8-28-9-7-24)19(18-4-2-1-3-5-18)29-21(26)22-11-16-10-17(12-22)14-23(27,13-16)15-22/h1-5,16-17,19,27H,6-15H2/t16-,17+,19-,22?,23?/m1/s1. The van der Waals surface area contributed by atoms with E-state index in [2.05, 4.69) is 0 Å². The van der Waals surface area contributed by atoms with E-state index >= 15 is 0 Å². The van der Waals surface area contributed by atoms with Crippen LogP contribution in [-0.4, -0.2) is 53.8 Å². The van der Waals surface area contributed by atoms with Crippen LogP contribution in [0.4, 0.5) is 0 Å². The van der Waals surface area contributed by atoms with Crippen LogP contribution in [0.15, 0.2) is 30.3 Å². The topological polar surface area (TPSA) is 76.1 Å². The summed E-state index contributed by atoms with van der Waals surface area (Å²) < 4.78 is 11.4. The van der Waals surface area contributed by atoms with Crippen molar-refractivity contribution in [3.05, 3.63) is 35.9 Å². The first-order valence-electron chi connectivity index (χ1n) is 10.8. The lowest BCUT2D eigenvalue weighted by molar-refractivity contribution is -0.202. The van der Waals surface area contributed by atoms with Crippen LogP contribution in [0.1, 0.15) is 50.2 Å². The Bertz CT molecular complexity index is 774. The van der Waals surface area contributed by atoms with Gasteiger partial charge in [-0.3, -0.25) is 9.59 Å². The van der Waals surface area contributed by atoms with Crippen LogP contribution >= 0.6 is 0 Å². The van der Waals surface area contributed by atoms with Crippen LogP contribution in [0.2, 0.25) is 0 Å². The molecule has 1 saturated heterocycles. The zero-order chi connectivity index (χ0) is 20.1. The number of benzene rings is 1. The molecule has 6 rings (SSSR count). The highest BCUT2D eigenvalue weighted by Gasteiger charge is 2.61. The highest BCUT2D eigenvalue weighted by atomic mass is 16.6. The molecule has 5 aliphatic rings. The van der Waals surface area contributed by atoms with E-state index in [4.69, 9.17) is 9.47 Å². The lowest BCUT2D eigenvalue weighted by Crippen LogP contribution is -2.58. The minimum absolute atomic E-state index is 0.184. The third kappa shape index (κ3) is 3.46. The number of hydrogen-bond donors (Lipinski definition) is 1. The second kappa shape index (κ2) is 7.10. The fraction of sp³-hybridized carbons (Fsp3) is 0.652. The maximum Gasteiger partial charge on any atom is 0.313 e. The van der Waals surface area contributed by atoms with E-state index in [0.29, 0.717) is 50.1 Å². The van der Waals surface area contributed by atoms with Crippen molar-refractivity contribution in [2.24, 2.45) is 17.3 Å². The van der Waals surface area contributed by atoms with Crippen molar-refractivity contribution in [1.29, 1.82) is 0 Å². The molecule has 0 radical (unpaired) electrons. The van der Waals surface area contributed by atoms with Crippen LogP contribution in [0.3, 0.4) is 0 Å². The molecule has 4 bridgehead atoms. The molecule has 1 N–H and O–H groups in total. The fourth-order valence-electron chi connectivity index (χ4n) is 6.52. The molecule has 4 aliphatic carbocycles. The highest BCUT2D eigenvalue weighted by molar-refractivity contribution is 5.87.